The first-order valence-corrected chi connectivity index (χ1v) is 4.72. The van der Waals surface area contributed by atoms with Crippen LogP contribution in [0.25, 0.3) is 0 Å². The number of allylic oxidation sites excluding steroid dienone is 3. The third-order valence-electron chi connectivity index (χ3n) is 1.71. The maximum atomic E-state index is 10.7. The summed E-state index contributed by atoms with van der Waals surface area (Å²) in [7, 11) is 0. The average molecular weight is 180 g/mol. The quantitative estimate of drug-likeness (QED) is 0.342. The smallest absolute Gasteiger partial charge is 0.189 e. The zero-order valence-electron chi connectivity index (χ0n) is 8.08. The fraction of sp³-hybridized carbons (Fsp3) is 0.545. The summed E-state index contributed by atoms with van der Waals surface area (Å²) in [4.78, 5) is 20.5. The van der Waals surface area contributed by atoms with Crippen molar-refractivity contribution in [2.45, 2.75) is 39.0 Å². The summed E-state index contributed by atoms with van der Waals surface area (Å²) in [6, 6.07) is 0. The van der Waals surface area contributed by atoms with Crippen molar-refractivity contribution in [2.24, 2.45) is 0 Å². The van der Waals surface area contributed by atoms with Crippen LogP contribution in [0.5, 0.6) is 0 Å². The second-order valence-corrected chi connectivity index (χ2v) is 2.92. The summed E-state index contributed by atoms with van der Waals surface area (Å²) in [6.45, 7) is 2.16. The van der Waals surface area contributed by atoms with E-state index >= 15 is 0 Å². The maximum absolute atomic E-state index is 10.7. The first-order valence-electron chi connectivity index (χ1n) is 4.72. The number of carbonyl (C=O) groups excluding carboxylic acids is 2. The third kappa shape index (κ3) is 8.77. The zero-order chi connectivity index (χ0) is 9.94. The lowest BCUT2D eigenvalue weighted by molar-refractivity contribution is -0.110. The lowest BCUT2D eigenvalue weighted by atomic mass is 10.1. The Morgan fingerprint density at radius 3 is 2.69 bits per heavy atom. The van der Waals surface area contributed by atoms with Gasteiger partial charge in [0.05, 0.1) is 6.08 Å². The molecule has 0 saturated carbocycles. The molecule has 0 N–H and O–H groups in total. The Kier molecular flexibility index (Phi) is 8.17. The molecule has 0 saturated heterocycles. The van der Waals surface area contributed by atoms with Crippen LogP contribution in [0.3, 0.4) is 0 Å². The molecule has 0 rings (SSSR count). The van der Waals surface area contributed by atoms with E-state index < -0.39 is 0 Å². The maximum Gasteiger partial charge on any atom is 0.189 e. The third-order valence-corrected chi connectivity index (χ3v) is 1.71. The molecule has 0 atom stereocenters. The Hall–Kier alpha value is -1.14. The van der Waals surface area contributed by atoms with Gasteiger partial charge in [0.2, 0.25) is 0 Å². The molecule has 13 heavy (non-hydrogen) atoms. The van der Waals surface area contributed by atoms with E-state index in [1.807, 2.05) is 6.08 Å². The van der Waals surface area contributed by atoms with Crippen molar-refractivity contribution in [3.8, 4) is 0 Å². The standard InChI is InChI=1S/C11H16O2/c1-2-3-4-5-6-7-8-11(13)9-10-12/h7-9H,2-6H2,1H3. The van der Waals surface area contributed by atoms with Crippen LogP contribution in [0.4, 0.5) is 0 Å². The van der Waals surface area contributed by atoms with Crippen LogP contribution in [0.2, 0.25) is 0 Å². The predicted molar refractivity (Wildman–Crippen MR) is 53.2 cm³/mol. The molecule has 0 aliphatic carbocycles. The SMILES string of the molecule is CCCCCCC=CC(=O)C=C=O. The molecule has 0 radical (unpaired) electrons. The number of unbranched alkanes of at least 4 members (excludes halogenated alkanes) is 4. The minimum absolute atomic E-state index is 0.273. The van der Waals surface area contributed by atoms with Crippen LogP contribution in [-0.2, 0) is 9.59 Å². The molecular formula is C11H16O2. The lowest BCUT2D eigenvalue weighted by Crippen LogP contribution is -1.84. The average Bonchev–Trinajstić information content (AvgIpc) is 2.11. The minimum atomic E-state index is -0.273. The Bertz CT molecular complexity index is 210. The Balaban J connectivity index is 3.41. The normalized spacial score (nSPS) is 9.92. The number of ketones is 1. The minimum Gasteiger partial charge on any atom is -0.289 e. The van der Waals surface area contributed by atoms with Crippen LogP contribution in [0.1, 0.15) is 39.0 Å². The van der Waals surface area contributed by atoms with E-state index in [2.05, 4.69) is 6.92 Å². The molecule has 0 spiro atoms. The molecule has 2 nitrogen and oxygen atoms in total. The monoisotopic (exact) mass is 180 g/mol. The van der Waals surface area contributed by atoms with Gasteiger partial charge in [-0.3, -0.25) is 4.79 Å². The highest BCUT2D eigenvalue weighted by Crippen LogP contribution is 2.02. The molecule has 0 heterocycles. The molecule has 72 valence electrons. The van der Waals surface area contributed by atoms with Gasteiger partial charge >= 0.3 is 0 Å². The molecule has 0 aromatic heterocycles. The molecule has 0 amide bonds. The van der Waals surface area contributed by atoms with E-state index in [1.165, 1.54) is 31.3 Å². The molecule has 0 bridgehead atoms. The van der Waals surface area contributed by atoms with E-state index in [-0.39, 0.29) is 5.78 Å². The van der Waals surface area contributed by atoms with Gasteiger partial charge in [0.25, 0.3) is 0 Å². The van der Waals surface area contributed by atoms with Gasteiger partial charge < -0.3 is 0 Å². The molecule has 0 unspecified atom stereocenters. The van der Waals surface area contributed by atoms with Crippen LogP contribution in [0.15, 0.2) is 18.2 Å². The zero-order valence-corrected chi connectivity index (χ0v) is 8.08. The Morgan fingerprint density at radius 2 is 2.08 bits per heavy atom. The highest BCUT2D eigenvalue weighted by atomic mass is 16.1. The number of carbonyl (C=O) groups is 1. The second-order valence-electron chi connectivity index (χ2n) is 2.92. The van der Waals surface area contributed by atoms with Gasteiger partial charge in [0, 0.05) is 0 Å². The number of hydrogen-bond donors (Lipinski definition) is 0. The van der Waals surface area contributed by atoms with E-state index in [1.54, 1.807) is 0 Å². The first kappa shape index (κ1) is 11.9. The highest BCUT2D eigenvalue weighted by Gasteiger charge is 1.88. The molecule has 0 aromatic carbocycles. The van der Waals surface area contributed by atoms with E-state index in [0.717, 1.165) is 18.9 Å². The van der Waals surface area contributed by atoms with Gasteiger partial charge in [-0.25, -0.2) is 4.79 Å². The van der Waals surface area contributed by atoms with E-state index in [4.69, 9.17) is 0 Å². The second kappa shape index (κ2) is 8.95. The highest BCUT2D eigenvalue weighted by molar-refractivity contribution is 6.03. The van der Waals surface area contributed by atoms with Gasteiger partial charge in [-0.15, -0.1) is 0 Å². The van der Waals surface area contributed by atoms with Crippen LogP contribution in [0, 0.1) is 0 Å². The van der Waals surface area contributed by atoms with Gasteiger partial charge in [-0.2, -0.15) is 0 Å². The lowest BCUT2D eigenvalue weighted by Gasteiger charge is -1.92. The molecule has 2 heteroatoms. The van der Waals surface area contributed by atoms with Gasteiger partial charge in [-0.1, -0.05) is 32.3 Å². The van der Waals surface area contributed by atoms with Crippen molar-refractivity contribution in [1.82, 2.24) is 0 Å². The number of hydrogen-bond acceptors (Lipinski definition) is 2. The molecule has 0 aromatic rings. The molecular weight excluding hydrogens is 164 g/mol. The van der Waals surface area contributed by atoms with Crippen LogP contribution < -0.4 is 0 Å². The van der Waals surface area contributed by atoms with Crippen LogP contribution in [-0.4, -0.2) is 11.7 Å². The van der Waals surface area contributed by atoms with Gasteiger partial charge in [0.1, 0.15) is 5.94 Å². The summed E-state index contributed by atoms with van der Waals surface area (Å²) < 4.78 is 0. The predicted octanol–water partition coefficient (Wildman–Crippen LogP) is 2.47. The summed E-state index contributed by atoms with van der Waals surface area (Å²) in [5.74, 6) is 1.18. The fourth-order valence-corrected chi connectivity index (χ4v) is 0.995. The van der Waals surface area contributed by atoms with E-state index in [0.29, 0.717) is 0 Å². The summed E-state index contributed by atoms with van der Waals surface area (Å²) in [5, 5.41) is 0. The van der Waals surface area contributed by atoms with Gasteiger partial charge in [0.15, 0.2) is 5.78 Å². The van der Waals surface area contributed by atoms with Crippen molar-refractivity contribution in [3.05, 3.63) is 18.2 Å². The number of rotatable bonds is 7. The van der Waals surface area contributed by atoms with Gasteiger partial charge in [-0.05, 0) is 18.9 Å². The molecule has 0 aliphatic heterocycles. The summed E-state index contributed by atoms with van der Waals surface area (Å²) in [5.41, 5.74) is 0. The fourth-order valence-electron chi connectivity index (χ4n) is 0.995. The first-order chi connectivity index (χ1) is 6.31. The van der Waals surface area contributed by atoms with Crippen molar-refractivity contribution < 1.29 is 9.59 Å². The summed E-state index contributed by atoms with van der Waals surface area (Å²) >= 11 is 0. The van der Waals surface area contributed by atoms with E-state index in [9.17, 15) is 9.59 Å². The van der Waals surface area contributed by atoms with Crippen molar-refractivity contribution in [3.63, 3.8) is 0 Å². The molecule has 0 fully saturated rings. The Morgan fingerprint density at radius 1 is 1.31 bits per heavy atom. The summed E-state index contributed by atoms with van der Waals surface area (Å²) in [6.07, 6.45) is 9.84. The van der Waals surface area contributed by atoms with Crippen molar-refractivity contribution in [2.75, 3.05) is 0 Å². The van der Waals surface area contributed by atoms with Crippen LogP contribution >= 0.6 is 0 Å². The Labute approximate surface area is 79.3 Å². The van der Waals surface area contributed by atoms with Crippen molar-refractivity contribution in [1.29, 1.82) is 0 Å². The topological polar surface area (TPSA) is 34.1 Å². The largest absolute Gasteiger partial charge is 0.289 e. The molecule has 0 aliphatic rings. The van der Waals surface area contributed by atoms with Crippen molar-refractivity contribution >= 4 is 11.7 Å².